The molecule has 1 aliphatic rings. The average Bonchev–Trinajstić information content (AvgIpc) is 3.48. The van der Waals surface area contributed by atoms with E-state index in [0.29, 0.717) is 6.04 Å². The second-order valence-corrected chi connectivity index (χ2v) is 26.6. The molecule has 1 aliphatic heterocycles. The largest absolute Gasteiger partial charge is 0.313 e. The van der Waals surface area contributed by atoms with Gasteiger partial charge in [0.05, 0.1) is 0 Å². The lowest BCUT2D eigenvalue weighted by molar-refractivity contribution is 0.104. The molecule has 5 heteroatoms. The van der Waals surface area contributed by atoms with Gasteiger partial charge in [0.25, 0.3) is 0 Å². The molecule has 0 saturated carbocycles. The maximum absolute atomic E-state index is 4.21. The molecule has 0 amide bonds. The first-order valence-electron chi connectivity index (χ1n) is 38.1. The third-order valence-corrected chi connectivity index (χ3v) is 18.6. The van der Waals surface area contributed by atoms with Gasteiger partial charge in [0.1, 0.15) is 0 Å². The zero-order valence-electron chi connectivity index (χ0n) is 56.8. The van der Waals surface area contributed by atoms with Crippen LogP contribution in [-0.4, -0.2) is 111 Å². The summed E-state index contributed by atoms with van der Waals surface area (Å²) in [6, 6.07) is 0.649. The molecule has 1 saturated heterocycles. The minimum absolute atomic E-state index is 0.649. The van der Waals surface area contributed by atoms with Gasteiger partial charge in [-0.3, -0.25) is 9.80 Å². The van der Waals surface area contributed by atoms with E-state index in [1.165, 1.54) is 419 Å². The van der Waals surface area contributed by atoms with Crippen LogP contribution in [0.2, 0.25) is 0 Å². The van der Waals surface area contributed by atoms with Crippen molar-refractivity contribution in [2.45, 2.75) is 381 Å². The Kier molecular flexibility index (Phi) is 64.6. The number of nitrogens with one attached hydrogen (secondary N) is 1. The van der Waals surface area contributed by atoms with Gasteiger partial charge in [0, 0.05) is 64.9 Å². The third-order valence-electron chi connectivity index (χ3n) is 18.6. The van der Waals surface area contributed by atoms with E-state index in [2.05, 4.69) is 83.8 Å². The Morgan fingerprint density at radius 2 is 0.580 bits per heavy atom. The fourth-order valence-electron chi connectivity index (χ4n) is 12.8. The van der Waals surface area contributed by atoms with E-state index < -0.39 is 0 Å². The van der Waals surface area contributed by atoms with Crippen molar-refractivity contribution in [3.05, 3.63) is 24.3 Å². The highest BCUT2D eigenvalue weighted by Crippen LogP contribution is 2.18. The Hall–Kier alpha value is -0.720. The zero-order chi connectivity index (χ0) is 58.1. The van der Waals surface area contributed by atoms with Crippen molar-refractivity contribution in [3.63, 3.8) is 0 Å². The van der Waals surface area contributed by atoms with Crippen LogP contribution < -0.4 is 5.32 Å². The Labute approximate surface area is 512 Å². The van der Waals surface area contributed by atoms with Crippen molar-refractivity contribution in [3.8, 4) is 0 Å². The van der Waals surface area contributed by atoms with Crippen LogP contribution in [0, 0.1) is 0 Å². The van der Waals surface area contributed by atoms with Gasteiger partial charge >= 0.3 is 0 Å². The van der Waals surface area contributed by atoms with Gasteiger partial charge in [0.15, 0.2) is 0 Å². The highest BCUT2D eigenvalue weighted by Gasteiger charge is 2.20. The molecule has 482 valence electrons. The molecule has 1 rings (SSSR count). The van der Waals surface area contributed by atoms with Crippen LogP contribution in [0.25, 0.3) is 0 Å². The van der Waals surface area contributed by atoms with Gasteiger partial charge in [-0.1, -0.05) is 335 Å². The van der Waals surface area contributed by atoms with E-state index in [4.69, 9.17) is 0 Å². The number of unbranched alkanes of at least 4 members (excludes halogenated alkanes) is 45. The summed E-state index contributed by atoms with van der Waals surface area (Å²) in [6.07, 6.45) is 84.3. The predicted octanol–water partition coefficient (Wildman–Crippen LogP) is 23.1. The highest BCUT2D eigenvalue weighted by molar-refractivity contribution is 4.92. The van der Waals surface area contributed by atoms with Crippen LogP contribution in [0.3, 0.4) is 0 Å². The van der Waals surface area contributed by atoms with Crippen molar-refractivity contribution < 1.29 is 0 Å². The van der Waals surface area contributed by atoms with Crippen LogP contribution in [0.4, 0.5) is 0 Å². The molecule has 1 N–H and O–H groups in total. The van der Waals surface area contributed by atoms with Gasteiger partial charge in [-0.05, 0) is 90.4 Å². The molecule has 0 aromatic rings. The zero-order valence-corrected chi connectivity index (χ0v) is 56.8. The number of hydrogen-bond acceptors (Lipinski definition) is 5. The van der Waals surface area contributed by atoms with E-state index in [-0.39, 0.29) is 0 Å². The number of allylic oxidation sites excluding steroid dienone is 4. The predicted molar refractivity (Wildman–Crippen MR) is 369 cm³/mol. The number of hydrogen-bond donors (Lipinski definition) is 1. The SMILES string of the molecule is CCCCC/C=C\C/C=C\CCCCCCCCN(CCCCCCCCCCCC)CCN1CCN(CCN(CCCCCCCCCCCC)CC(CCCCCCCCCCCC)NCCCCCCCCCCCC)CC1. The van der Waals surface area contributed by atoms with Crippen molar-refractivity contribution in [1.29, 1.82) is 0 Å². The summed E-state index contributed by atoms with van der Waals surface area (Å²) in [5.41, 5.74) is 0. The number of piperazine rings is 1. The van der Waals surface area contributed by atoms with Crippen molar-refractivity contribution in [2.24, 2.45) is 0 Å². The summed E-state index contributed by atoms with van der Waals surface area (Å²) in [5.74, 6) is 0. The molecule has 5 nitrogen and oxygen atoms in total. The lowest BCUT2D eigenvalue weighted by Gasteiger charge is -2.37. The molecule has 81 heavy (non-hydrogen) atoms. The maximum Gasteiger partial charge on any atom is 0.0195 e. The molecule has 1 unspecified atom stereocenters. The molecule has 0 aromatic carbocycles. The molecule has 1 heterocycles. The van der Waals surface area contributed by atoms with Crippen LogP contribution in [0.5, 0.6) is 0 Å². The Morgan fingerprint density at radius 3 is 0.963 bits per heavy atom. The van der Waals surface area contributed by atoms with Gasteiger partial charge in [-0.2, -0.15) is 0 Å². The lowest BCUT2D eigenvalue weighted by Crippen LogP contribution is -2.51. The molecule has 0 aliphatic carbocycles. The van der Waals surface area contributed by atoms with Crippen molar-refractivity contribution in [2.75, 3.05) is 85.1 Å². The van der Waals surface area contributed by atoms with E-state index in [1.54, 1.807) is 0 Å². The average molecular weight is 1140 g/mol. The van der Waals surface area contributed by atoms with E-state index >= 15 is 0 Å². The quantitative estimate of drug-likeness (QED) is 0.0483. The Bertz CT molecular complexity index is 1210. The van der Waals surface area contributed by atoms with Crippen molar-refractivity contribution in [1.82, 2.24) is 24.9 Å². The third kappa shape index (κ3) is 58.1. The summed E-state index contributed by atoms with van der Waals surface area (Å²) >= 11 is 0. The van der Waals surface area contributed by atoms with Gasteiger partial charge in [-0.25, -0.2) is 0 Å². The first kappa shape index (κ1) is 78.3. The molecule has 0 radical (unpaired) electrons. The van der Waals surface area contributed by atoms with E-state index in [1.807, 2.05) is 0 Å². The van der Waals surface area contributed by atoms with Crippen LogP contribution in [0.1, 0.15) is 375 Å². The number of rotatable bonds is 68. The molecular formula is C76H153N5. The highest BCUT2D eigenvalue weighted by atomic mass is 15.3. The topological polar surface area (TPSA) is 25.0 Å². The smallest absolute Gasteiger partial charge is 0.0195 e. The summed E-state index contributed by atoms with van der Waals surface area (Å²) < 4.78 is 0. The molecular weight excluding hydrogens is 983 g/mol. The Balaban J connectivity index is 2.75. The molecule has 1 fully saturated rings. The fraction of sp³-hybridized carbons (Fsp3) is 0.947. The van der Waals surface area contributed by atoms with Gasteiger partial charge < -0.3 is 15.1 Å². The van der Waals surface area contributed by atoms with Crippen LogP contribution >= 0.6 is 0 Å². The van der Waals surface area contributed by atoms with E-state index in [9.17, 15) is 0 Å². The molecule has 0 aromatic heterocycles. The molecule has 0 spiro atoms. The summed E-state index contributed by atoms with van der Waals surface area (Å²) in [7, 11) is 0. The van der Waals surface area contributed by atoms with E-state index in [0.717, 1.165) is 6.42 Å². The maximum atomic E-state index is 4.21. The standard InChI is InChI=1S/C76H153N5/c1-6-11-16-21-26-31-36-37-38-39-40-41-46-50-55-60-65-78(64-59-54-49-44-34-29-24-19-14-9-4)67-68-79-69-71-80(72-70-79)73-74-81(66-61-56-51-45-35-30-25-20-15-10-5)75-76(62-57-52-47-42-32-27-22-17-12-7-2)77-63-58-53-48-43-33-28-23-18-13-8-3/h26,31,37-38,76-77H,6-25,27-30,32-36,39-75H2,1-5H3/b31-26-,38-37-. The molecule has 1 atom stereocenters. The van der Waals surface area contributed by atoms with Gasteiger partial charge in [-0.15, -0.1) is 0 Å². The minimum atomic E-state index is 0.649. The first-order chi connectivity index (χ1) is 40.2. The van der Waals surface area contributed by atoms with Gasteiger partial charge in [0.2, 0.25) is 0 Å². The van der Waals surface area contributed by atoms with Crippen molar-refractivity contribution >= 4 is 0 Å². The normalized spacial score (nSPS) is 14.2. The molecule has 0 bridgehead atoms. The summed E-state index contributed by atoms with van der Waals surface area (Å²) in [6.45, 7) is 28.2. The summed E-state index contributed by atoms with van der Waals surface area (Å²) in [5, 5.41) is 4.21. The fourth-order valence-corrected chi connectivity index (χ4v) is 12.8. The second kappa shape index (κ2) is 66.8. The van der Waals surface area contributed by atoms with Crippen LogP contribution in [0.15, 0.2) is 24.3 Å². The summed E-state index contributed by atoms with van der Waals surface area (Å²) in [4.78, 5) is 11.5. The Morgan fingerprint density at radius 1 is 0.296 bits per heavy atom. The minimum Gasteiger partial charge on any atom is -0.313 e. The number of nitrogens with zero attached hydrogens (tertiary/aromatic N) is 4. The lowest BCUT2D eigenvalue weighted by atomic mass is 10.0. The first-order valence-corrected chi connectivity index (χ1v) is 38.1. The monoisotopic (exact) mass is 1140 g/mol. The van der Waals surface area contributed by atoms with Crippen LogP contribution in [-0.2, 0) is 0 Å². The second-order valence-electron chi connectivity index (χ2n) is 26.6.